The molecule has 0 spiro atoms. The largest absolute Gasteiger partial charge is 0.311 e. The van der Waals surface area contributed by atoms with E-state index in [0.29, 0.717) is 0 Å². The highest BCUT2D eigenvalue weighted by atomic mass is 79.9. The minimum Gasteiger partial charge on any atom is -0.311 e. The van der Waals surface area contributed by atoms with Crippen molar-refractivity contribution in [2.24, 2.45) is 0 Å². The Kier molecular flexibility index (Phi) is 5.82. The Labute approximate surface area is 108 Å². The molecule has 0 radical (unpaired) electrons. The van der Waals surface area contributed by atoms with Gasteiger partial charge in [0.2, 0.25) is 0 Å². The van der Waals surface area contributed by atoms with Crippen molar-refractivity contribution < 1.29 is 0 Å². The lowest BCUT2D eigenvalue weighted by molar-refractivity contribution is 0.400. The van der Waals surface area contributed by atoms with Gasteiger partial charge in [0, 0.05) is 28.6 Å². The van der Waals surface area contributed by atoms with E-state index >= 15 is 0 Å². The zero-order valence-electron chi connectivity index (χ0n) is 9.06. The van der Waals surface area contributed by atoms with Crippen molar-refractivity contribution in [1.29, 1.82) is 0 Å². The highest BCUT2D eigenvalue weighted by Crippen LogP contribution is 2.23. The first-order valence-electron chi connectivity index (χ1n) is 4.89. The maximum atomic E-state index is 3.50. The van der Waals surface area contributed by atoms with Gasteiger partial charge >= 0.3 is 0 Å². The van der Waals surface area contributed by atoms with Crippen molar-refractivity contribution >= 4 is 31.9 Å². The van der Waals surface area contributed by atoms with E-state index in [4.69, 9.17) is 0 Å². The quantitative estimate of drug-likeness (QED) is 0.832. The molecular formula is C11H16Br2N2. The van der Waals surface area contributed by atoms with Crippen LogP contribution in [0.1, 0.15) is 5.56 Å². The molecule has 0 amide bonds. The molecular weight excluding hydrogens is 320 g/mol. The Bertz CT molecular complexity index is 313. The van der Waals surface area contributed by atoms with E-state index in [0.717, 1.165) is 28.6 Å². The average molecular weight is 336 g/mol. The Morgan fingerprint density at radius 3 is 2.53 bits per heavy atom. The molecule has 0 aliphatic carbocycles. The summed E-state index contributed by atoms with van der Waals surface area (Å²) in [6.07, 6.45) is 0. The summed E-state index contributed by atoms with van der Waals surface area (Å²) in [5.41, 5.74) is 1.30. The third-order valence-corrected chi connectivity index (χ3v) is 3.93. The standard InChI is InChI=1S/C11H16Br2N2/c1-15(2)6-5-14-8-9-3-4-10(12)11(13)7-9/h3-4,7,14H,5-6,8H2,1-2H3. The molecule has 1 N–H and O–H groups in total. The van der Waals surface area contributed by atoms with Crippen LogP contribution >= 0.6 is 31.9 Å². The summed E-state index contributed by atoms with van der Waals surface area (Å²) in [6.45, 7) is 3.00. The van der Waals surface area contributed by atoms with Crippen LogP contribution in [-0.2, 0) is 6.54 Å². The van der Waals surface area contributed by atoms with E-state index < -0.39 is 0 Å². The molecule has 0 bridgehead atoms. The van der Waals surface area contributed by atoms with E-state index in [1.54, 1.807) is 0 Å². The van der Waals surface area contributed by atoms with E-state index in [2.05, 4.69) is 74.4 Å². The Balaban J connectivity index is 2.35. The van der Waals surface area contributed by atoms with E-state index in [1.807, 2.05) is 0 Å². The Morgan fingerprint density at radius 1 is 1.20 bits per heavy atom. The molecule has 0 atom stereocenters. The van der Waals surface area contributed by atoms with Gasteiger partial charge in [0.05, 0.1) is 0 Å². The molecule has 1 rings (SSSR count). The molecule has 1 aromatic rings. The van der Waals surface area contributed by atoms with Gasteiger partial charge in [0.25, 0.3) is 0 Å². The summed E-state index contributed by atoms with van der Waals surface area (Å²) in [4.78, 5) is 2.17. The zero-order chi connectivity index (χ0) is 11.3. The number of benzene rings is 1. The minimum atomic E-state index is 0.916. The lowest BCUT2D eigenvalue weighted by Gasteiger charge is -2.10. The first kappa shape index (κ1) is 13.2. The smallest absolute Gasteiger partial charge is 0.0320 e. The summed E-state index contributed by atoms with van der Waals surface area (Å²) >= 11 is 6.95. The predicted molar refractivity (Wildman–Crippen MR) is 72.1 cm³/mol. The molecule has 0 aromatic heterocycles. The lowest BCUT2D eigenvalue weighted by atomic mass is 10.2. The fraction of sp³-hybridized carbons (Fsp3) is 0.455. The predicted octanol–water partition coefficient (Wildman–Crippen LogP) is 2.86. The number of nitrogens with zero attached hydrogens (tertiary/aromatic N) is 1. The molecule has 0 aliphatic rings. The maximum absolute atomic E-state index is 3.50. The molecule has 1 aromatic carbocycles. The van der Waals surface area contributed by atoms with Crippen LogP contribution in [0.25, 0.3) is 0 Å². The van der Waals surface area contributed by atoms with Crippen molar-refractivity contribution in [1.82, 2.24) is 10.2 Å². The van der Waals surface area contributed by atoms with Crippen LogP contribution in [-0.4, -0.2) is 32.1 Å². The van der Waals surface area contributed by atoms with Gasteiger partial charge in [-0.25, -0.2) is 0 Å². The molecule has 0 unspecified atom stereocenters. The molecule has 15 heavy (non-hydrogen) atoms. The summed E-state index contributed by atoms with van der Waals surface area (Å²) < 4.78 is 2.20. The topological polar surface area (TPSA) is 15.3 Å². The van der Waals surface area contributed by atoms with Crippen LogP contribution in [0.3, 0.4) is 0 Å². The average Bonchev–Trinajstić information content (AvgIpc) is 2.18. The number of nitrogens with one attached hydrogen (secondary N) is 1. The normalized spacial score (nSPS) is 11.0. The summed E-state index contributed by atoms with van der Waals surface area (Å²) in [6, 6.07) is 6.32. The van der Waals surface area contributed by atoms with E-state index in [9.17, 15) is 0 Å². The second-order valence-electron chi connectivity index (χ2n) is 3.73. The second-order valence-corrected chi connectivity index (χ2v) is 5.44. The molecule has 4 heteroatoms. The molecule has 0 aliphatic heterocycles. The number of likely N-dealkylation sites (N-methyl/N-ethyl adjacent to an activating group) is 1. The highest BCUT2D eigenvalue weighted by Gasteiger charge is 1.98. The van der Waals surface area contributed by atoms with E-state index in [1.165, 1.54) is 5.56 Å². The maximum Gasteiger partial charge on any atom is 0.0320 e. The van der Waals surface area contributed by atoms with Crippen molar-refractivity contribution in [3.63, 3.8) is 0 Å². The minimum absolute atomic E-state index is 0.916. The SMILES string of the molecule is CN(C)CCNCc1ccc(Br)c(Br)c1. The summed E-state index contributed by atoms with van der Waals surface area (Å²) in [7, 11) is 4.16. The van der Waals surface area contributed by atoms with Gasteiger partial charge < -0.3 is 10.2 Å². The van der Waals surface area contributed by atoms with Crippen molar-refractivity contribution in [3.8, 4) is 0 Å². The molecule has 0 saturated heterocycles. The van der Waals surface area contributed by atoms with Gasteiger partial charge in [-0.1, -0.05) is 6.07 Å². The third kappa shape index (κ3) is 5.11. The summed E-state index contributed by atoms with van der Waals surface area (Å²) in [5.74, 6) is 0. The van der Waals surface area contributed by atoms with E-state index in [-0.39, 0.29) is 0 Å². The van der Waals surface area contributed by atoms with Crippen molar-refractivity contribution in [2.45, 2.75) is 6.54 Å². The second kappa shape index (κ2) is 6.63. The van der Waals surface area contributed by atoms with Crippen LogP contribution in [0.4, 0.5) is 0 Å². The van der Waals surface area contributed by atoms with Crippen LogP contribution in [0.5, 0.6) is 0 Å². The van der Waals surface area contributed by atoms with Gasteiger partial charge in [0.15, 0.2) is 0 Å². The molecule has 0 saturated carbocycles. The Morgan fingerprint density at radius 2 is 1.93 bits per heavy atom. The van der Waals surface area contributed by atoms with Gasteiger partial charge in [-0.05, 0) is 63.7 Å². The number of hydrogen-bond donors (Lipinski definition) is 1. The number of halogens is 2. The van der Waals surface area contributed by atoms with Crippen LogP contribution < -0.4 is 5.32 Å². The van der Waals surface area contributed by atoms with Gasteiger partial charge in [-0.3, -0.25) is 0 Å². The first-order valence-corrected chi connectivity index (χ1v) is 6.47. The van der Waals surface area contributed by atoms with Gasteiger partial charge in [0.1, 0.15) is 0 Å². The van der Waals surface area contributed by atoms with Gasteiger partial charge in [-0.15, -0.1) is 0 Å². The first-order chi connectivity index (χ1) is 7.09. The molecule has 84 valence electrons. The summed E-state index contributed by atoms with van der Waals surface area (Å²) in [5, 5.41) is 3.40. The van der Waals surface area contributed by atoms with Crippen LogP contribution in [0.15, 0.2) is 27.1 Å². The molecule has 2 nitrogen and oxygen atoms in total. The fourth-order valence-electron chi connectivity index (χ4n) is 1.18. The molecule has 0 fully saturated rings. The number of rotatable bonds is 5. The monoisotopic (exact) mass is 334 g/mol. The van der Waals surface area contributed by atoms with Crippen LogP contribution in [0.2, 0.25) is 0 Å². The van der Waals surface area contributed by atoms with Crippen molar-refractivity contribution in [2.75, 3.05) is 27.2 Å². The Hall–Kier alpha value is 0.1000. The fourth-order valence-corrected chi connectivity index (χ4v) is 1.86. The number of hydrogen-bond acceptors (Lipinski definition) is 2. The third-order valence-electron chi connectivity index (χ3n) is 2.05. The van der Waals surface area contributed by atoms with Gasteiger partial charge in [-0.2, -0.15) is 0 Å². The zero-order valence-corrected chi connectivity index (χ0v) is 12.2. The highest BCUT2D eigenvalue weighted by molar-refractivity contribution is 9.13. The van der Waals surface area contributed by atoms with Crippen molar-refractivity contribution in [3.05, 3.63) is 32.7 Å². The lowest BCUT2D eigenvalue weighted by Crippen LogP contribution is -2.26. The van der Waals surface area contributed by atoms with Crippen LogP contribution in [0, 0.1) is 0 Å². The molecule has 0 heterocycles.